The number of pyridine rings is 1. The van der Waals surface area contributed by atoms with Crippen molar-refractivity contribution in [3.05, 3.63) is 65.6 Å². The lowest BCUT2D eigenvalue weighted by Crippen LogP contribution is -2.46. The van der Waals surface area contributed by atoms with Crippen LogP contribution in [0.5, 0.6) is 5.75 Å². The maximum absolute atomic E-state index is 12.2. The molecular formula is C24H27ClN6O2S. The molecule has 1 aliphatic heterocycles. The van der Waals surface area contributed by atoms with Gasteiger partial charge in [-0.3, -0.25) is 9.78 Å². The van der Waals surface area contributed by atoms with E-state index in [0.29, 0.717) is 23.3 Å². The molecule has 1 amide bonds. The molecular weight excluding hydrogens is 472 g/mol. The monoisotopic (exact) mass is 498 g/mol. The van der Waals surface area contributed by atoms with Crippen LogP contribution in [-0.4, -0.2) is 66.4 Å². The van der Waals surface area contributed by atoms with E-state index in [4.69, 9.17) is 16.3 Å². The molecule has 1 aromatic carbocycles. The number of hydrogen-bond donors (Lipinski definition) is 1. The predicted molar refractivity (Wildman–Crippen MR) is 136 cm³/mol. The highest BCUT2D eigenvalue weighted by atomic mass is 35.5. The van der Waals surface area contributed by atoms with Crippen molar-refractivity contribution in [2.45, 2.75) is 11.6 Å². The van der Waals surface area contributed by atoms with Crippen LogP contribution in [0.25, 0.3) is 0 Å². The number of amides is 1. The highest BCUT2D eigenvalue weighted by molar-refractivity contribution is 7.99. The number of nitrogens with one attached hydrogen (secondary N) is 1. The molecule has 0 aliphatic carbocycles. The second kappa shape index (κ2) is 11.9. The zero-order valence-corrected chi connectivity index (χ0v) is 20.6. The number of rotatable bonds is 9. The average Bonchev–Trinajstić information content (AvgIpc) is 2.88. The van der Waals surface area contributed by atoms with Crippen LogP contribution in [-0.2, 0) is 11.2 Å². The highest BCUT2D eigenvalue weighted by Crippen LogP contribution is 2.25. The van der Waals surface area contributed by atoms with Crippen LogP contribution in [0.15, 0.2) is 59.9 Å². The number of nitrogens with zero attached hydrogens (tertiary/aromatic N) is 5. The molecule has 0 unspecified atom stereocenters. The zero-order valence-electron chi connectivity index (χ0n) is 19.0. The smallest absolute Gasteiger partial charge is 0.230 e. The molecule has 0 bridgehead atoms. The van der Waals surface area contributed by atoms with Gasteiger partial charge in [-0.25, -0.2) is 9.97 Å². The van der Waals surface area contributed by atoms with Gasteiger partial charge in [0, 0.05) is 62.8 Å². The quantitative estimate of drug-likeness (QED) is 0.273. The van der Waals surface area contributed by atoms with Gasteiger partial charge in [-0.05, 0) is 36.4 Å². The van der Waals surface area contributed by atoms with Gasteiger partial charge in [0.05, 0.1) is 12.9 Å². The Morgan fingerprint density at radius 2 is 1.85 bits per heavy atom. The molecule has 10 heteroatoms. The number of halogens is 1. The standard InChI is InChI=1S/C24H27ClN6O2S/c1-33-20-7-5-19(6-8-20)30-12-14-31(15-13-30)22-16-21(25)28-24(29-22)34-17-23(32)27-11-9-18-4-2-3-10-26-18/h2-8,10,16H,9,11-15,17H2,1H3,(H,27,32). The first kappa shape index (κ1) is 24.1. The fraction of sp³-hybridized carbons (Fsp3) is 0.333. The molecule has 1 aliphatic rings. The van der Waals surface area contributed by atoms with Crippen LogP contribution in [0.1, 0.15) is 5.69 Å². The SMILES string of the molecule is COc1ccc(N2CCN(c3cc(Cl)nc(SCC(=O)NCCc4ccccn4)n3)CC2)cc1. The molecule has 178 valence electrons. The maximum atomic E-state index is 12.2. The number of carbonyl (C=O) groups excluding carboxylic acids is 1. The van der Waals surface area contributed by atoms with Crippen molar-refractivity contribution in [3.8, 4) is 5.75 Å². The number of aromatic nitrogens is 3. The van der Waals surface area contributed by atoms with E-state index in [1.807, 2.05) is 30.3 Å². The van der Waals surface area contributed by atoms with Gasteiger partial charge in [-0.15, -0.1) is 0 Å². The summed E-state index contributed by atoms with van der Waals surface area (Å²) in [5, 5.41) is 3.79. The molecule has 1 saturated heterocycles. The summed E-state index contributed by atoms with van der Waals surface area (Å²) in [6.45, 7) is 3.91. The number of ether oxygens (including phenoxy) is 1. The van der Waals surface area contributed by atoms with Gasteiger partial charge in [0.1, 0.15) is 16.7 Å². The maximum Gasteiger partial charge on any atom is 0.230 e. The fourth-order valence-corrected chi connectivity index (χ4v) is 4.57. The molecule has 4 rings (SSSR count). The Hall–Kier alpha value is -3.04. The number of piperazine rings is 1. The molecule has 34 heavy (non-hydrogen) atoms. The van der Waals surface area contributed by atoms with E-state index in [1.165, 1.54) is 17.4 Å². The van der Waals surface area contributed by atoms with Crippen molar-refractivity contribution in [1.82, 2.24) is 20.3 Å². The largest absolute Gasteiger partial charge is 0.497 e. The predicted octanol–water partition coefficient (Wildman–Crippen LogP) is 3.31. The first-order valence-corrected chi connectivity index (χ1v) is 12.4. The second-order valence-corrected chi connectivity index (χ2v) is 9.04. The Kier molecular flexibility index (Phi) is 8.43. The third-order valence-corrected chi connectivity index (χ3v) is 6.50. The Labute approximate surface area is 208 Å². The van der Waals surface area contributed by atoms with Gasteiger partial charge >= 0.3 is 0 Å². The van der Waals surface area contributed by atoms with Crippen LogP contribution >= 0.6 is 23.4 Å². The van der Waals surface area contributed by atoms with Crippen LogP contribution < -0.4 is 19.9 Å². The molecule has 1 N–H and O–H groups in total. The summed E-state index contributed by atoms with van der Waals surface area (Å²) < 4.78 is 5.24. The minimum Gasteiger partial charge on any atom is -0.497 e. The summed E-state index contributed by atoms with van der Waals surface area (Å²) in [5.74, 6) is 1.80. The van der Waals surface area contributed by atoms with E-state index in [-0.39, 0.29) is 11.7 Å². The number of thioether (sulfide) groups is 1. The summed E-state index contributed by atoms with van der Waals surface area (Å²) in [5.41, 5.74) is 2.12. The molecule has 2 aromatic heterocycles. The van der Waals surface area contributed by atoms with E-state index in [2.05, 4.69) is 42.2 Å². The van der Waals surface area contributed by atoms with Crippen molar-refractivity contribution in [3.63, 3.8) is 0 Å². The summed E-state index contributed by atoms with van der Waals surface area (Å²) in [7, 11) is 1.67. The van der Waals surface area contributed by atoms with Crippen molar-refractivity contribution < 1.29 is 9.53 Å². The minimum atomic E-state index is -0.0702. The van der Waals surface area contributed by atoms with Gasteiger partial charge in [0.15, 0.2) is 5.16 Å². The summed E-state index contributed by atoms with van der Waals surface area (Å²) in [6, 6.07) is 15.6. The van der Waals surface area contributed by atoms with Crippen LogP contribution in [0.3, 0.4) is 0 Å². The normalized spacial score (nSPS) is 13.6. The molecule has 0 atom stereocenters. The van der Waals surface area contributed by atoms with Gasteiger partial charge in [0.25, 0.3) is 0 Å². The lowest BCUT2D eigenvalue weighted by molar-refractivity contribution is -0.118. The number of benzene rings is 1. The third kappa shape index (κ3) is 6.74. The van der Waals surface area contributed by atoms with Crippen LogP contribution in [0.2, 0.25) is 5.15 Å². The summed E-state index contributed by atoms with van der Waals surface area (Å²) in [6.07, 6.45) is 2.44. The van der Waals surface area contributed by atoms with E-state index < -0.39 is 0 Å². The van der Waals surface area contributed by atoms with E-state index in [0.717, 1.165) is 43.4 Å². The Balaban J connectivity index is 1.26. The Morgan fingerprint density at radius 3 is 2.56 bits per heavy atom. The Bertz CT molecular complexity index is 1080. The lowest BCUT2D eigenvalue weighted by Gasteiger charge is -2.36. The third-order valence-electron chi connectivity index (χ3n) is 5.46. The van der Waals surface area contributed by atoms with Crippen molar-refractivity contribution in [1.29, 1.82) is 0 Å². The number of hydrogen-bond acceptors (Lipinski definition) is 8. The van der Waals surface area contributed by atoms with Gasteiger partial charge < -0.3 is 19.9 Å². The minimum absolute atomic E-state index is 0.0702. The van der Waals surface area contributed by atoms with E-state index >= 15 is 0 Å². The van der Waals surface area contributed by atoms with Crippen molar-refractivity contribution in [2.75, 3.05) is 55.4 Å². The number of methoxy groups -OCH3 is 1. The molecule has 0 radical (unpaired) electrons. The van der Waals surface area contributed by atoms with Crippen molar-refractivity contribution >= 4 is 40.8 Å². The first-order chi connectivity index (χ1) is 16.6. The first-order valence-electron chi connectivity index (χ1n) is 11.1. The molecule has 0 spiro atoms. The summed E-state index contributed by atoms with van der Waals surface area (Å²) >= 11 is 7.55. The zero-order chi connectivity index (χ0) is 23.8. The van der Waals surface area contributed by atoms with Crippen LogP contribution in [0.4, 0.5) is 11.5 Å². The molecule has 0 saturated carbocycles. The van der Waals surface area contributed by atoms with E-state index in [1.54, 1.807) is 19.4 Å². The van der Waals surface area contributed by atoms with Crippen LogP contribution in [0, 0.1) is 0 Å². The molecule has 3 heterocycles. The molecule has 3 aromatic rings. The average molecular weight is 499 g/mol. The number of anilines is 2. The number of carbonyl (C=O) groups is 1. The van der Waals surface area contributed by atoms with Gasteiger partial charge in [0.2, 0.25) is 5.91 Å². The lowest BCUT2D eigenvalue weighted by atomic mass is 10.2. The molecule has 1 fully saturated rings. The highest BCUT2D eigenvalue weighted by Gasteiger charge is 2.20. The summed E-state index contributed by atoms with van der Waals surface area (Å²) in [4.78, 5) is 29.9. The fourth-order valence-electron chi connectivity index (χ4n) is 3.66. The second-order valence-electron chi connectivity index (χ2n) is 7.71. The molecule has 8 nitrogen and oxygen atoms in total. The van der Waals surface area contributed by atoms with Crippen molar-refractivity contribution in [2.24, 2.45) is 0 Å². The topological polar surface area (TPSA) is 83.5 Å². The van der Waals surface area contributed by atoms with Gasteiger partial charge in [-0.2, -0.15) is 0 Å². The van der Waals surface area contributed by atoms with Gasteiger partial charge in [-0.1, -0.05) is 29.4 Å². The van der Waals surface area contributed by atoms with E-state index in [9.17, 15) is 4.79 Å². The Morgan fingerprint density at radius 1 is 1.09 bits per heavy atom.